The Morgan fingerprint density at radius 2 is 0.714 bits per heavy atom. The summed E-state index contributed by atoms with van der Waals surface area (Å²) in [6.07, 6.45) is 1.58. The molecule has 2 nitrogen and oxygen atoms in total. The second kappa shape index (κ2) is 9.11. The van der Waals surface area contributed by atoms with Crippen LogP contribution in [0.1, 0.15) is 48.9 Å². The van der Waals surface area contributed by atoms with Crippen LogP contribution in [-0.2, 0) is 11.2 Å². The van der Waals surface area contributed by atoms with E-state index in [-0.39, 0.29) is 17.3 Å². The van der Waals surface area contributed by atoms with Gasteiger partial charge < -0.3 is 10.2 Å². The van der Waals surface area contributed by atoms with E-state index in [1.165, 1.54) is 0 Å². The van der Waals surface area contributed by atoms with Gasteiger partial charge in [-0.3, -0.25) is 0 Å². The summed E-state index contributed by atoms with van der Waals surface area (Å²) in [6, 6.07) is 39.9. The summed E-state index contributed by atoms with van der Waals surface area (Å²) < 4.78 is 0. The maximum Gasteiger partial charge on any atom is 0.118 e. The Kier molecular flexibility index (Phi) is 6.13. The van der Waals surface area contributed by atoms with Crippen LogP contribution in [0.4, 0.5) is 0 Å². The molecular formula is C33H34O2. The molecule has 1 aliphatic carbocycles. The van der Waals surface area contributed by atoms with Gasteiger partial charge in [0, 0.05) is 11.8 Å². The molecule has 0 radical (unpaired) electrons. The van der Waals surface area contributed by atoms with E-state index in [4.69, 9.17) is 0 Å². The summed E-state index contributed by atoms with van der Waals surface area (Å²) >= 11 is 0. The molecule has 1 saturated carbocycles. The number of hydrogen-bond acceptors (Lipinski definition) is 2. The highest BCUT2D eigenvalue weighted by atomic mass is 16.3. The first-order chi connectivity index (χ1) is 16.9. The lowest BCUT2D eigenvalue weighted by molar-refractivity contribution is -0.0697. The van der Waals surface area contributed by atoms with Crippen molar-refractivity contribution in [3.05, 3.63) is 144 Å². The van der Waals surface area contributed by atoms with Crippen LogP contribution in [0.2, 0.25) is 0 Å². The highest BCUT2D eigenvalue weighted by Gasteiger charge is 2.58. The topological polar surface area (TPSA) is 40.5 Å². The first-order valence-electron chi connectivity index (χ1n) is 12.5. The van der Waals surface area contributed by atoms with E-state index in [0.717, 1.165) is 35.1 Å². The predicted octanol–water partition coefficient (Wildman–Crippen LogP) is 6.91. The zero-order valence-electron chi connectivity index (χ0n) is 20.5. The highest BCUT2D eigenvalue weighted by molar-refractivity contribution is 5.42. The third-order valence-corrected chi connectivity index (χ3v) is 7.96. The molecule has 0 aliphatic heterocycles. The van der Waals surface area contributed by atoms with Crippen LogP contribution in [0.3, 0.4) is 0 Å². The van der Waals surface area contributed by atoms with E-state index in [1.807, 2.05) is 121 Å². The van der Waals surface area contributed by atoms with E-state index in [1.54, 1.807) is 0 Å². The molecule has 0 unspecified atom stereocenters. The average molecular weight is 463 g/mol. The lowest BCUT2D eigenvalue weighted by Gasteiger charge is -2.45. The van der Waals surface area contributed by atoms with Crippen molar-refractivity contribution in [1.29, 1.82) is 0 Å². The van der Waals surface area contributed by atoms with Crippen LogP contribution >= 0.6 is 0 Å². The standard InChI is InChI=1S/C33H34O2/c1-31(2)23-29(32(34,25-15-7-3-8-16-25)26-17-9-4-10-18-26)30(24-31)33(35,27-19-11-5-12-20-27)28-21-13-6-14-22-28/h3-22,29-30,34-35H,23-24H2,1-2H3/t29-,30-/m1/s1. The minimum Gasteiger partial charge on any atom is -0.380 e. The summed E-state index contributed by atoms with van der Waals surface area (Å²) in [6.45, 7) is 4.51. The zero-order chi connectivity index (χ0) is 24.5. The van der Waals surface area contributed by atoms with E-state index in [9.17, 15) is 10.2 Å². The predicted molar refractivity (Wildman–Crippen MR) is 142 cm³/mol. The van der Waals surface area contributed by atoms with Gasteiger partial charge in [0.05, 0.1) is 0 Å². The Labute approximate surface area is 208 Å². The molecule has 2 heteroatoms. The molecule has 0 bridgehead atoms. The second-order valence-corrected chi connectivity index (χ2v) is 10.8. The van der Waals surface area contributed by atoms with Gasteiger partial charge >= 0.3 is 0 Å². The number of benzene rings is 4. The van der Waals surface area contributed by atoms with Crippen molar-refractivity contribution in [3.8, 4) is 0 Å². The molecule has 0 aromatic heterocycles. The smallest absolute Gasteiger partial charge is 0.118 e. The first kappa shape index (κ1) is 23.5. The van der Waals surface area contributed by atoms with Crippen LogP contribution in [0, 0.1) is 17.3 Å². The molecule has 0 saturated heterocycles. The lowest BCUT2D eigenvalue weighted by atomic mass is 9.64. The molecule has 4 aromatic rings. The van der Waals surface area contributed by atoms with Gasteiger partial charge in [0.2, 0.25) is 0 Å². The summed E-state index contributed by atoms with van der Waals surface area (Å²) in [4.78, 5) is 0. The monoisotopic (exact) mass is 462 g/mol. The van der Waals surface area contributed by atoms with Gasteiger partial charge in [-0.25, -0.2) is 0 Å². The fourth-order valence-corrected chi connectivity index (χ4v) is 6.39. The van der Waals surface area contributed by atoms with Gasteiger partial charge in [-0.1, -0.05) is 135 Å². The van der Waals surface area contributed by atoms with Crippen molar-refractivity contribution < 1.29 is 10.2 Å². The molecule has 4 aromatic carbocycles. The van der Waals surface area contributed by atoms with Crippen molar-refractivity contribution >= 4 is 0 Å². The molecule has 2 atom stereocenters. The zero-order valence-corrected chi connectivity index (χ0v) is 20.5. The molecule has 5 rings (SSSR count). The first-order valence-corrected chi connectivity index (χ1v) is 12.5. The van der Waals surface area contributed by atoms with Crippen molar-refractivity contribution in [3.63, 3.8) is 0 Å². The maximum atomic E-state index is 12.8. The Morgan fingerprint density at radius 3 is 0.943 bits per heavy atom. The van der Waals surface area contributed by atoms with Crippen LogP contribution in [0.25, 0.3) is 0 Å². The third-order valence-electron chi connectivity index (χ3n) is 7.96. The van der Waals surface area contributed by atoms with Gasteiger partial charge in [0.25, 0.3) is 0 Å². The third kappa shape index (κ3) is 4.11. The van der Waals surface area contributed by atoms with E-state index < -0.39 is 11.2 Å². The molecule has 1 aliphatic rings. The Morgan fingerprint density at radius 1 is 0.486 bits per heavy atom. The SMILES string of the molecule is CC1(C)C[C@@H](C(O)(c2ccccc2)c2ccccc2)[C@H](C(O)(c2ccccc2)c2ccccc2)C1. The largest absolute Gasteiger partial charge is 0.380 e. The lowest BCUT2D eigenvalue weighted by Crippen LogP contribution is -2.47. The molecule has 0 amide bonds. The van der Waals surface area contributed by atoms with Crippen molar-refractivity contribution in [2.75, 3.05) is 0 Å². The van der Waals surface area contributed by atoms with E-state index in [2.05, 4.69) is 13.8 Å². The van der Waals surface area contributed by atoms with Crippen LogP contribution < -0.4 is 0 Å². The number of aliphatic hydroxyl groups is 2. The molecule has 2 N–H and O–H groups in total. The van der Waals surface area contributed by atoms with Gasteiger partial charge in [-0.2, -0.15) is 0 Å². The van der Waals surface area contributed by atoms with Crippen LogP contribution in [0.5, 0.6) is 0 Å². The summed E-state index contributed by atoms with van der Waals surface area (Å²) in [7, 11) is 0. The maximum absolute atomic E-state index is 12.8. The average Bonchev–Trinajstić information content (AvgIpc) is 3.26. The van der Waals surface area contributed by atoms with Gasteiger partial charge in [0.1, 0.15) is 11.2 Å². The Bertz CT molecular complexity index is 1060. The molecule has 35 heavy (non-hydrogen) atoms. The fraction of sp³-hybridized carbons (Fsp3) is 0.273. The molecule has 0 spiro atoms. The minimum absolute atomic E-state index is 0.0512. The molecule has 178 valence electrons. The summed E-state index contributed by atoms with van der Waals surface area (Å²) in [5.74, 6) is -0.430. The van der Waals surface area contributed by atoms with Gasteiger partial charge in [-0.05, 0) is 40.5 Å². The van der Waals surface area contributed by atoms with Crippen LogP contribution in [0.15, 0.2) is 121 Å². The highest BCUT2D eigenvalue weighted by Crippen LogP contribution is 2.60. The Hall–Kier alpha value is -3.20. The Balaban J connectivity index is 1.76. The van der Waals surface area contributed by atoms with Crippen molar-refractivity contribution in [1.82, 2.24) is 0 Å². The normalized spacial score (nSPS) is 20.0. The second-order valence-electron chi connectivity index (χ2n) is 10.8. The van der Waals surface area contributed by atoms with E-state index in [0.29, 0.717) is 0 Å². The minimum atomic E-state index is -1.25. The van der Waals surface area contributed by atoms with Crippen molar-refractivity contribution in [2.45, 2.75) is 37.9 Å². The molecular weight excluding hydrogens is 428 g/mol. The van der Waals surface area contributed by atoms with E-state index >= 15 is 0 Å². The van der Waals surface area contributed by atoms with Gasteiger partial charge in [0.15, 0.2) is 0 Å². The van der Waals surface area contributed by atoms with Crippen LogP contribution in [-0.4, -0.2) is 10.2 Å². The summed E-state index contributed by atoms with van der Waals surface area (Å²) in [5, 5.41) is 25.6. The fourth-order valence-electron chi connectivity index (χ4n) is 6.39. The number of hydrogen-bond donors (Lipinski definition) is 2. The quantitative estimate of drug-likeness (QED) is 0.327. The molecule has 0 heterocycles. The summed E-state index contributed by atoms with van der Waals surface area (Å²) in [5.41, 5.74) is 0.899. The van der Waals surface area contributed by atoms with Gasteiger partial charge in [-0.15, -0.1) is 0 Å². The van der Waals surface area contributed by atoms with Crippen molar-refractivity contribution in [2.24, 2.45) is 17.3 Å². The molecule has 1 fully saturated rings. The number of rotatable bonds is 6.